The molecule has 100 valence electrons. The van der Waals surface area contributed by atoms with Crippen LogP contribution in [0, 0.1) is 0 Å². The summed E-state index contributed by atoms with van der Waals surface area (Å²) in [5.74, 6) is 0. The maximum absolute atomic E-state index is 3.66. The van der Waals surface area contributed by atoms with Gasteiger partial charge >= 0.3 is 0 Å². The molecule has 1 aliphatic carbocycles. The second-order valence-corrected chi connectivity index (χ2v) is 6.69. The lowest BCUT2D eigenvalue weighted by molar-refractivity contribution is 0.157. The van der Waals surface area contributed by atoms with E-state index in [0.29, 0.717) is 0 Å². The third-order valence-corrected chi connectivity index (χ3v) is 4.92. The van der Waals surface area contributed by atoms with E-state index in [9.17, 15) is 0 Å². The normalized spacial score (nSPS) is 17.3. The predicted octanol–water partition coefficient (Wildman–Crippen LogP) is 4.98. The van der Waals surface area contributed by atoms with E-state index in [-0.39, 0.29) is 0 Å². The molecular formula is C15H21Br2N. The standard InChI is InChI=1S/C15H21Br2N/c16-10-11-18(14-7-2-1-3-8-14)12-13-6-4-5-9-15(13)17/h4-6,9,14H,1-3,7-8,10-12H2. The molecule has 0 N–H and O–H groups in total. The molecule has 0 bridgehead atoms. The van der Waals surface area contributed by atoms with Crippen molar-refractivity contribution in [2.75, 3.05) is 11.9 Å². The van der Waals surface area contributed by atoms with Crippen molar-refractivity contribution in [3.8, 4) is 0 Å². The largest absolute Gasteiger partial charge is 0.295 e. The minimum Gasteiger partial charge on any atom is -0.295 e. The average Bonchev–Trinajstić information content (AvgIpc) is 2.42. The van der Waals surface area contributed by atoms with Gasteiger partial charge in [0.15, 0.2) is 0 Å². The van der Waals surface area contributed by atoms with E-state index in [4.69, 9.17) is 0 Å². The Labute approximate surface area is 127 Å². The first-order valence-electron chi connectivity index (χ1n) is 6.84. The number of benzene rings is 1. The van der Waals surface area contributed by atoms with Gasteiger partial charge in [-0.25, -0.2) is 0 Å². The van der Waals surface area contributed by atoms with Gasteiger partial charge in [0.25, 0.3) is 0 Å². The molecule has 0 aromatic heterocycles. The number of hydrogen-bond donors (Lipinski definition) is 0. The number of hydrogen-bond acceptors (Lipinski definition) is 1. The van der Waals surface area contributed by atoms with E-state index in [0.717, 1.165) is 24.5 Å². The maximum Gasteiger partial charge on any atom is 0.0248 e. The van der Waals surface area contributed by atoms with Crippen molar-refractivity contribution in [3.63, 3.8) is 0 Å². The Morgan fingerprint density at radius 1 is 1.11 bits per heavy atom. The smallest absolute Gasteiger partial charge is 0.0248 e. The van der Waals surface area contributed by atoms with E-state index in [2.05, 4.69) is 61.0 Å². The van der Waals surface area contributed by atoms with Gasteiger partial charge in [-0.1, -0.05) is 69.3 Å². The predicted molar refractivity (Wildman–Crippen MR) is 85.2 cm³/mol. The summed E-state index contributed by atoms with van der Waals surface area (Å²) in [6.07, 6.45) is 6.97. The third-order valence-electron chi connectivity index (χ3n) is 3.79. The van der Waals surface area contributed by atoms with Gasteiger partial charge in [0.2, 0.25) is 0 Å². The van der Waals surface area contributed by atoms with Crippen LogP contribution in [0.5, 0.6) is 0 Å². The maximum atomic E-state index is 3.66. The molecule has 1 aromatic rings. The lowest BCUT2D eigenvalue weighted by Gasteiger charge is -2.34. The number of alkyl halides is 1. The zero-order valence-corrected chi connectivity index (χ0v) is 13.9. The average molecular weight is 375 g/mol. The van der Waals surface area contributed by atoms with Crippen molar-refractivity contribution < 1.29 is 0 Å². The third kappa shape index (κ3) is 4.07. The molecule has 1 saturated carbocycles. The molecule has 0 aliphatic heterocycles. The van der Waals surface area contributed by atoms with Crippen molar-refractivity contribution in [3.05, 3.63) is 34.3 Å². The first kappa shape index (κ1) is 14.5. The summed E-state index contributed by atoms with van der Waals surface area (Å²) in [6, 6.07) is 9.37. The number of rotatable bonds is 5. The summed E-state index contributed by atoms with van der Waals surface area (Å²) in [7, 11) is 0. The zero-order chi connectivity index (χ0) is 12.8. The van der Waals surface area contributed by atoms with Crippen molar-refractivity contribution in [2.24, 2.45) is 0 Å². The van der Waals surface area contributed by atoms with Crippen LogP contribution in [-0.2, 0) is 6.54 Å². The molecule has 1 aromatic carbocycles. The molecule has 0 spiro atoms. The first-order chi connectivity index (χ1) is 8.81. The molecule has 1 nitrogen and oxygen atoms in total. The molecule has 1 aliphatic rings. The van der Waals surface area contributed by atoms with Crippen molar-refractivity contribution >= 4 is 31.9 Å². The fourth-order valence-corrected chi connectivity index (χ4v) is 3.66. The minimum atomic E-state index is 0.781. The highest BCUT2D eigenvalue weighted by Gasteiger charge is 2.21. The second kappa shape index (κ2) is 7.66. The molecular weight excluding hydrogens is 354 g/mol. The van der Waals surface area contributed by atoms with Gasteiger partial charge < -0.3 is 0 Å². The van der Waals surface area contributed by atoms with Crippen LogP contribution in [0.25, 0.3) is 0 Å². The Balaban J connectivity index is 2.03. The van der Waals surface area contributed by atoms with E-state index in [1.165, 1.54) is 42.1 Å². The van der Waals surface area contributed by atoms with Gasteiger partial charge in [-0.05, 0) is 24.5 Å². The fourth-order valence-electron chi connectivity index (χ4n) is 2.79. The number of halogens is 2. The molecule has 0 heterocycles. The monoisotopic (exact) mass is 373 g/mol. The van der Waals surface area contributed by atoms with Crippen molar-refractivity contribution in [1.29, 1.82) is 0 Å². The molecule has 0 unspecified atom stereocenters. The van der Waals surface area contributed by atoms with Crippen LogP contribution in [0.1, 0.15) is 37.7 Å². The molecule has 0 atom stereocenters. The summed E-state index contributed by atoms with van der Waals surface area (Å²) >= 11 is 7.26. The number of nitrogens with zero attached hydrogens (tertiary/aromatic N) is 1. The van der Waals surface area contributed by atoms with E-state index < -0.39 is 0 Å². The van der Waals surface area contributed by atoms with Gasteiger partial charge in [-0.15, -0.1) is 0 Å². The van der Waals surface area contributed by atoms with Crippen LogP contribution >= 0.6 is 31.9 Å². The van der Waals surface area contributed by atoms with Gasteiger partial charge in [0.05, 0.1) is 0 Å². The zero-order valence-electron chi connectivity index (χ0n) is 10.7. The van der Waals surface area contributed by atoms with Crippen LogP contribution in [0.4, 0.5) is 0 Å². The summed E-state index contributed by atoms with van der Waals surface area (Å²) in [5, 5.41) is 1.06. The molecule has 1 fully saturated rings. The van der Waals surface area contributed by atoms with E-state index in [1.54, 1.807) is 0 Å². The summed E-state index contributed by atoms with van der Waals surface area (Å²) in [4.78, 5) is 2.65. The highest BCUT2D eigenvalue weighted by molar-refractivity contribution is 9.10. The Bertz CT molecular complexity index is 361. The van der Waals surface area contributed by atoms with Crippen LogP contribution in [-0.4, -0.2) is 22.8 Å². The highest BCUT2D eigenvalue weighted by atomic mass is 79.9. The van der Waals surface area contributed by atoms with Crippen LogP contribution < -0.4 is 0 Å². The van der Waals surface area contributed by atoms with Gasteiger partial charge in [0.1, 0.15) is 0 Å². The van der Waals surface area contributed by atoms with E-state index >= 15 is 0 Å². The van der Waals surface area contributed by atoms with Gasteiger partial charge in [-0.3, -0.25) is 4.90 Å². The van der Waals surface area contributed by atoms with Gasteiger partial charge in [-0.2, -0.15) is 0 Å². The van der Waals surface area contributed by atoms with Crippen molar-refractivity contribution in [2.45, 2.75) is 44.7 Å². The second-order valence-electron chi connectivity index (χ2n) is 5.04. The Kier molecular flexibility index (Phi) is 6.19. The summed E-state index contributed by atoms with van der Waals surface area (Å²) in [5.41, 5.74) is 1.41. The Morgan fingerprint density at radius 3 is 2.50 bits per heavy atom. The topological polar surface area (TPSA) is 3.24 Å². The van der Waals surface area contributed by atoms with Gasteiger partial charge in [0, 0.05) is 28.9 Å². The van der Waals surface area contributed by atoms with E-state index in [1.807, 2.05) is 0 Å². The summed E-state index contributed by atoms with van der Waals surface area (Å²) in [6.45, 7) is 2.21. The lowest BCUT2D eigenvalue weighted by atomic mass is 9.94. The molecule has 18 heavy (non-hydrogen) atoms. The van der Waals surface area contributed by atoms with Crippen LogP contribution in [0.15, 0.2) is 28.7 Å². The molecule has 2 rings (SSSR count). The quantitative estimate of drug-likeness (QED) is 0.657. The van der Waals surface area contributed by atoms with Crippen molar-refractivity contribution in [1.82, 2.24) is 4.90 Å². The molecule has 3 heteroatoms. The Morgan fingerprint density at radius 2 is 1.83 bits per heavy atom. The van der Waals surface area contributed by atoms with Crippen LogP contribution in [0.2, 0.25) is 0 Å². The molecule has 0 radical (unpaired) electrons. The lowest BCUT2D eigenvalue weighted by Crippen LogP contribution is -2.37. The molecule has 0 saturated heterocycles. The molecule has 0 amide bonds. The first-order valence-corrected chi connectivity index (χ1v) is 8.76. The Hall–Kier alpha value is 0.140. The minimum absolute atomic E-state index is 0.781. The summed E-state index contributed by atoms with van der Waals surface area (Å²) < 4.78 is 1.24. The SMILES string of the molecule is BrCCN(Cc1ccccc1Br)C1CCCCC1. The van der Waals surface area contributed by atoms with Crippen LogP contribution in [0.3, 0.4) is 0 Å². The highest BCUT2D eigenvalue weighted by Crippen LogP contribution is 2.26. The fraction of sp³-hybridized carbons (Fsp3) is 0.600.